The second-order valence-corrected chi connectivity index (χ2v) is 5.39. The first kappa shape index (κ1) is 14.7. The molecule has 0 spiro atoms. The van der Waals surface area contributed by atoms with E-state index in [1.807, 2.05) is 0 Å². The molecule has 0 radical (unpaired) electrons. The highest BCUT2D eigenvalue weighted by molar-refractivity contribution is 14.1. The lowest BCUT2D eigenvalue weighted by Gasteiger charge is -2.08. The van der Waals surface area contributed by atoms with Crippen LogP contribution in [0.4, 0.5) is 15.8 Å². The molecule has 104 valence electrons. The van der Waals surface area contributed by atoms with Crippen molar-refractivity contribution in [2.45, 2.75) is 6.42 Å². The van der Waals surface area contributed by atoms with Crippen molar-refractivity contribution in [3.8, 4) is 0 Å². The summed E-state index contributed by atoms with van der Waals surface area (Å²) in [5, 5.41) is 13.9. The first-order valence-corrected chi connectivity index (χ1v) is 7.06. The molecule has 0 aliphatic heterocycles. The molecule has 2 aromatic rings. The van der Waals surface area contributed by atoms with Gasteiger partial charge >= 0.3 is 0 Å². The summed E-state index contributed by atoms with van der Waals surface area (Å²) in [5.74, 6) is -0.244. The fourth-order valence-corrected chi connectivity index (χ4v) is 2.44. The monoisotopic (exact) mass is 386 g/mol. The number of nitro groups is 1. The Morgan fingerprint density at radius 3 is 2.50 bits per heavy atom. The predicted molar refractivity (Wildman–Crippen MR) is 84.4 cm³/mol. The first-order valence-electron chi connectivity index (χ1n) is 5.98. The first-order chi connectivity index (χ1) is 9.56. The molecule has 0 bridgehead atoms. The van der Waals surface area contributed by atoms with Crippen LogP contribution in [0.1, 0.15) is 5.56 Å². The minimum absolute atomic E-state index is 0.0819. The van der Waals surface area contributed by atoms with Crippen LogP contribution in [-0.2, 0) is 6.42 Å². The molecule has 20 heavy (non-hydrogen) atoms. The number of benzene rings is 2. The van der Waals surface area contributed by atoms with E-state index in [4.69, 9.17) is 0 Å². The minimum atomic E-state index is -0.412. The fraction of sp³-hybridized carbons (Fsp3) is 0.143. The molecule has 0 atom stereocenters. The van der Waals surface area contributed by atoms with Gasteiger partial charge < -0.3 is 5.32 Å². The summed E-state index contributed by atoms with van der Waals surface area (Å²) in [6.45, 7) is 0.680. The topological polar surface area (TPSA) is 55.2 Å². The molecule has 0 heterocycles. The van der Waals surface area contributed by atoms with Crippen LogP contribution in [0.25, 0.3) is 0 Å². The molecule has 0 fully saturated rings. The molecule has 0 saturated heterocycles. The number of anilines is 1. The van der Waals surface area contributed by atoms with Crippen LogP contribution in [0, 0.1) is 19.5 Å². The van der Waals surface area contributed by atoms with E-state index in [-0.39, 0.29) is 11.5 Å². The van der Waals surface area contributed by atoms with Crippen molar-refractivity contribution in [3.05, 3.63) is 67.5 Å². The molecule has 0 saturated carbocycles. The van der Waals surface area contributed by atoms with Crippen LogP contribution in [0.5, 0.6) is 0 Å². The maximum Gasteiger partial charge on any atom is 0.270 e. The van der Waals surface area contributed by atoms with E-state index < -0.39 is 4.92 Å². The number of nitrogens with zero attached hydrogens (tertiary/aromatic N) is 1. The molecule has 6 heteroatoms. The lowest BCUT2D eigenvalue weighted by Crippen LogP contribution is -2.06. The average molecular weight is 386 g/mol. The Kier molecular flexibility index (Phi) is 4.89. The molecule has 0 amide bonds. The summed E-state index contributed by atoms with van der Waals surface area (Å²) >= 11 is 2.06. The van der Waals surface area contributed by atoms with E-state index in [0.717, 1.165) is 21.2 Å². The van der Waals surface area contributed by atoms with Gasteiger partial charge in [-0.3, -0.25) is 10.1 Å². The van der Waals surface area contributed by atoms with Crippen LogP contribution in [-0.4, -0.2) is 11.5 Å². The standard InChI is InChI=1S/C14H12FIN2O2/c15-11-3-1-10(2-4-11)7-8-17-14-6-5-12(18(19)20)9-13(14)16/h1-6,9,17H,7-8H2. The van der Waals surface area contributed by atoms with Gasteiger partial charge in [-0.05, 0) is 52.8 Å². The lowest BCUT2D eigenvalue weighted by molar-refractivity contribution is -0.384. The molecule has 2 rings (SSSR count). The Balaban J connectivity index is 1.94. The van der Waals surface area contributed by atoms with E-state index in [2.05, 4.69) is 27.9 Å². The predicted octanol–water partition coefficient (Wildman–Crippen LogP) is 3.99. The molecular weight excluding hydrogens is 374 g/mol. The van der Waals surface area contributed by atoms with E-state index in [9.17, 15) is 14.5 Å². The normalized spacial score (nSPS) is 10.3. The van der Waals surface area contributed by atoms with Gasteiger partial charge in [0.15, 0.2) is 0 Å². The van der Waals surface area contributed by atoms with Crippen molar-refractivity contribution in [2.24, 2.45) is 0 Å². The Morgan fingerprint density at radius 2 is 1.90 bits per heavy atom. The quantitative estimate of drug-likeness (QED) is 0.480. The third-order valence-corrected chi connectivity index (χ3v) is 3.70. The summed E-state index contributed by atoms with van der Waals surface area (Å²) in [6.07, 6.45) is 0.757. The summed E-state index contributed by atoms with van der Waals surface area (Å²) in [4.78, 5) is 10.2. The fourth-order valence-electron chi connectivity index (χ4n) is 1.75. The van der Waals surface area contributed by atoms with Crippen LogP contribution >= 0.6 is 22.6 Å². The highest BCUT2D eigenvalue weighted by Gasteiger charge is 2.08. The van der Waals surface area contributed by atoms with Crippen molar-refractivity contribution >= 4 is 34.0 Å². The van der Waals surface area contributed by atoms with Gasteiger partial charge in [0.1, 0.15) is 5.82 Å². The summed E-state index contributed by atoms with van der Waals surface area (Å²) in [6, 6.07) is 11.1. The lowest BCUT2D eigenvalue weighted by atomic mass is 10.1. The second kappa shape index (κ2) is 6.65. The Labute approximate surface area is 129 Å². The molecule has 4 nitrogen and oxygen atoms in total. The highest BCUT2D eigenvalue weighted by Crippen LogP contribution is 2.23. The van der Waals surface area contributed by atoms with Crippen molar-refractivity contribution in [1.82, 2.24) is 0 Å². The SMILES string of the molecule is O=[N+]([O-])c1ccc(NCCc2ccc(F)cc2)c(I)c1. The van der Waals surface area contributed by atoms with Crippen molar-refractivity contribution in [1.29, 1.82) is 0 Å². The van der Waals surface area contributed by atoms with Gasteiger partial charge in [0.05, 0.1) is 4.92 Å². The third-order valence-electron chi connectivity index (χ3n) is 2.81. The van der Waals surface area contributed by atoms with E-state index in [1.165, 1.54) is 24.3 Å². The molecule has 0 aliphatic rings. The van der Waals surface area contributed by atoms with Crippen LogP contribution in [0.2, 0.25) is 0 Å². The van der Waals surface area contributed by atoms with E-state index in [1.54, 1.807) is 18.2 Å². The van der Waals surface area contributed by atoms with E-state index in [0.29, 0.717) is 6.54 Å². The van der Waals surface area contributed by atoms with Gasteiger partial charge in [0, 0.05) is 27.9 Å². The second-order valence-electron chi connectivity index (χ2n) is 4.22. The number of rotatable bonds is 5. The van der Waals surface area contributed by atoms with Crippen molar-refractivity contribution < 1.29 is 9.31 Å². The smallest absolute Gasteiger partial charge is 0.270 e. The zero-order chi connectivity index (χ0) is 14.5. The van der Waals surface area contributed by atoms with Gasteiger partial charge in [-0.15, -0.1) is 0 Å². The molecule has 1 N–H and O–H groups in total. The largest absolute Gasteiger partial charge is 0.384 e. The van der Waals surface area contributed by atoms with Gasteiger partial charge in [0.2, 0.25) is 0 Å². The summed E-state index contributed by atoms with van der Waals surface area (Å²) < 4.78 is 13.6. The van der Waals surface area contributed by atoms with Crippen LogP contribution in [0.15, 0.2) is 42.5 Å². The number of nitrogens with one attached hydrogen (secondary N) is 1. The molecular formula is C14H12FIN2O2. The molecule has 0 aliphatic carbocycles. The van der Waals surface area contributed by atoms with Crippen LogP contribution in [0.3, 0.4) is 0 Å². The minimum Gasteiger partial charge on any atom is -0.384 e. The van der Waals surface area contributed by atoms with Gasteiger partial charge in [-0.25, -0.2) is 4.39 Å². The molecule has 2 aromatic carbocycles. The van der Waals surface area contributed by atoms with Gasteiger partial charge in [-0.1, -0.05) is 12.1 Å². The van der Waals surface area contributed by atoms with Gasteiger partial charge in [-0.2, -0.15) is 0 Å². The maximum absolute atomic E-state index is 12.8. The van der Waals surface area contributed by atoms with Crippen molar-refractivity contribution in [2.75, 3.05) is 11.9 Å². The summed E-state index contributed by atoms with van der Waals surface area (Å²) in [5.41, 5.74) is 1.98. The van der Waals surface area contributed by atoms with Crippen LogP contribution < -0.4 is 5.32 Å². The maximum atomic E-state index is 12.8. The molecule has 0 unspecified atom stereocenters. The number of hydrogen-bond donors (Lipinski definition) is 1. The number of nitro benzene ring substituents is 1. The Morgan fingerprint density at radius 1 is 1.20 bits per heavy atom. The Bertz CT molecular complexity index is 617. The number of hydrogen-bond acceptors (Lipinski definition) is 3. The summed E-state index contributed by atoms with van der Waals surface area (Å²) in [7, 11) is 0. The Hall–Kier alpha value is -1.70. The molecule has 0 aromatic heterocycles. The number of non-ortho nitro benzene ring substituents is 1. The number of halogens is 2. The third kappa shape index (κ3) is 3.89. The van der Waals surface area contributed by atoms with Gasteiger partial charge in [0.25, 0.3) is 5.69 Å². The highest BCUT2D eigenvalue weighted by atomic mass is 127. The zero-order valence-electron chi connectivity index (χ0n) is 10.5. The van der Waals surface area contributed by atoms with E-state index >= 15 is 0 Å². The average Bonchev–Trinajstić information content (AvgIpc) is 2.42. The van der Waals surface area contributed by atoms with Crippen molar-refractivity contribution in [3.63, 3.8) is 0 Å². The zero-order valence-corrected chi connectivity index (χ0v) is 12.6.